The Morgan fingerprint density at radius 3 is 1.77 bits per heavy atom. The Bertz CT molecular complexity index is 219. The van der Waals surface area contributed by atoms with Crippen molar-refractivity contribution in [1.82, 2.24) is 0 Å². The number of rotatable bonds is 16. The molecule has 0 aromatic rings. The number of hydrogen-bond acceptors (Lipinski definition) is 3. The molecule has 0 bridgehead atoms. The Balaban J connectivity index is 3.16. The Morgan fingerprint density at radius 2 is 1.23 bits per heavy atom. The molecule has 22 heavy (non-hydrogen) atoms. The van der Waals surface area contributed by atoms with Crippen molar-refractivity contribution >= 4 is 0 Å². The SMILES string of the molecule is CC(C)CCCCCCCCCCOC(C)COC(C)CO. The van der Waals surface area contributed by atoms with Crippen molar-refractivity contribution in [2.45, 2.75) is 97.7 Å². The maximum absolute atomic E-state index is 8.87. The highest BCUT2D eigenvalue weighted by Gasteiger charge is 2.05. The lowest BCUT2D eigenvalue weighted by molar-refractivity contribution is -0.0459. The molecule has 0 amide bonds. The molecule has 0 aliphatic carbocycles. The van der Waals surface area contributed by atoms with Crippen molar-refractivity contribution in [2.75, 3.05) is 19.8 Å². The predicted octanol–water partition coefficient (Wildman–Crippen LogP) is 4.96. The molecule has 0 aliphatic rings. The number of aliphatic hydroxyl groups is 1. The van der Waals surface area contributed by atoms with Crippen LogP contribution in [0, 0.1) is 5.92 Å². The maximum atomic E-state index is 8.87. The molecule has 134 valence electrons. The van der Waals surface area contributed by atoms with E-state index in [0.717, 1.165) is 18.9 Å². The molecule has 0 spiro atoms. The summed E-state index contributed by atoms with van der Waals surface area (Å²) < 4.78 is 11.1. The number of hydrogen-bond donors (Lipinski definition) is 1. The third-order valence-electron chi connectivity index (χ3n) is 3.95. The minimum atomic E-state index is -0.0911. The van der Waals surface area contributed by atoms with Crippen molar-refractivity contribution in [1.29, 1.82) is 0 Å². The highest BCUT2D eigenvalue weighted by Crippen LogP contribution is 2.12. The van der Waals surface area contributed by atoms with Crippen LogP contribution < -0.4 is 0 Å². The van der Waals surface area contributed by atoms with Gasteiger partial charge in [-0.2, -0.15) is 0 Å². The van der Waals surface area contributed by atoms with Gasteiger partial charge in [0.15, 0.2) is 0 Å². The van der Waals surface area contributed by atoms with E-state index in [-0.39, 0.29) is 18.8 Å². The van der Waals surface area contributed by atoms with Crippen LogP contribution >= 0.6 is 0 Å². The van der Waals surface area contributed by atoms with Crippen LogP contribution in [0.25, 0.3) is 0 Å². The number of aliphatic hydroxyl groups excluding tert-OH is 1. The van der Waals surface area contributed by atoms with E-state index in [0.29, 0.717) is 6.61 Å². The lowest BCUT2D eigenvalue weighted by Crippen LogP contribution is -2.22. The molecule has 0 rings (SSSR count). The van der Waals surface area contributed by atoms with E-state index in [1.54, 1.807) is 0 Å². The summed E-state index contributed by atoms with van der Waals surface area (Å²) >= 11 is 0. The highest BCUT2D eigenvalue weighted by atomic mass is 16.5. The second kappa shape index (κ2) is 15.8. The van der Waals surface area contributed by atoms with Crippen molar-refractivity contribution in [2.24, 2.45) is 5.92 Å². The van der Waals surface area contributed by atoms with Gasteiger partial charge in [-0.05, 0) is 26.2 Å². The molecule has 1 N–H and O–H groups in total. The first-order chi connectivity index (χ1) is 10.6. The van der Waals surface area contributed by atoms with Crippen LogP contribution in [0.3, 0.4) is 0 Å². The third-order valence-corrected chi connectivity index (χ3v) is 3.95. The number of unbranched alkanes of at least 4 members (excludes halogenated alkanes) is 7. The van der Waals surface area contributed by atoms with Gasteiger partial charge in [-0.3, -0.25) is 0 Å². The first-order valence-electron chi connectivity index (χ1n) is 9.40. The van der Waals surface area contributed by atoms with Crippen LogP contribution in [0.5, 0.6) is 0 Å². The van der Waals surface area contributed by atoms with Gasteiger partial charge in [0.1, 0.15) is 0 Å². The highest BCUT2D eigenvalue weighted by molar-refractivity contribution is 4.53. The largest absolute Gasteiger partial charge is 0.394 e. The predicted molar refractivity (Wildman–Crippen MR) is 94.3 cm³/mol. The summed E-state index contributed by atoms with van der Waals surface area (Å²) in [4.78, 5) is 0. The quantitative estimate of drug-likeness (QED) is 0.409. The number of ether oxygens (including phenoxy) is 2. The summed E-state index contributed by atoms with van der Waals surface area (Å²) in [7, 11) is 0. The van der Waals surface area contributed by atoms with E-state index in [4.69, 9.17) is 14.6 Å². The van der Waals surface area contributed by atoms with Crippen molar-refractivity contribution in [3.63, 3.8) is 0 Å². The topological polar surface area (TPSA) is 38.7 Å². The molecule has 0 heterocycles. The van der Waals surface area contributed by atoms with Gasteiger partial charge in [-0.15, -0.1) is 0 Å². The summed E-state index contributed by atoms with van der Waals surface area (Å²) in [5.41, 5.74) is 0. The van der Waals surface area contributed by atoms with Crippen LogP contribution in [0.4, 0.5) is 0 Å². The Labute approximate surface area is 138 Å². The molecule has 0 fully saturated rings. The van der Waals surface area contributed by atoms with Gasteiger partial charge in [-0.1, -0.05) is 65.2 Å². The van der Waals surface area contributed by atoms with E-state index in [2.05, 4.69) is 13.8 Å². The molecular weight excluding hydrogens is 276 g/mol. The lowest BCUT2D eigenvalue weighted by atomic mass is 10.0. The molecule has 3 heteroatoms. The van der Waals surface area contributed by atoms with Gasteiger partial charge in [0.25, 0.3) is 0 Å². The molecule has 0 radical (unpaired) electrons. The zero-order valence-corrected chi connectivity index (χ0v) is 15.5. The first-order valence-corrected chi connectivity index (χ1v) is 9.40. The average molecular weight is 317 g/mol. The zero-order chi connectivity index (χ0) is 16.6. The summed E-state index contributed by atoms with van der Waals surface area (Å²) in [6.45, 7) is 9.98. The lowest BCUT2D eigenvalue weighted by Gasteiger charge is -2.16. The van der Waals surface area contributed by atoms with Crippen LogP contribution in [0.1, 0.15) is 85.5 Å². The van der Waals surface area contributed by atoms with Crippen LogP contribution in [0.15, 0.2) is 0 Å². The molecule has 0 saturated heterocycles. The van der Waals surface area contributed by atoms with Crippen LogP contribution in [0.2, 0.25) is 0 Å². The Hall–Kier alpha value is -0.120. The van der Waals surface area contributed by atoms with Gasteiger partial charge in [0, 0.05) is 6.61 Å². The third kappa shape index (κ3) is 16.3. The van der Waals surface area contributed by atoms with Crippen molar-refractivity contribution in [3.05, 3.63) is 0 Å². The van der Waals surface area contributed by atoms with Gasteiger partial charge >= 0.3 is 0 Å². The normalized spacial score (nSPS) is 14.5. The fraction of sp³-hybridized carbons (Fsp3) is 1.00. The van der Waals surface area contributed by atoms with Crippen molar-refractivity contribution < 1.29 is 14.6 Å². The van der Waals surface area contributed by atoms with Gasteiger partial charge in [0.05, 0.1) is 25.4 Å². The molecule has 0 saturated carbocycles. The van der Waals surface area contributed by atoms with Crippen LogP contribution in [-0.2, 0) is 9.47 Å². The molecule has 0 aromatic carbocycles. The summed E-state index contributed by atoms with van der Waals surface area (Å²) in [6, 6.07) is 0. The monoisotopic (exact) mass is 316 g/mol. The average Bonchev–Trinajstić information content (AvgIpc) is 2.49. The molecule has 0 aliphatic heterocycles. The molecular formula is C19H40O3. The second-order valence-corrected chi connectivity index (χ2v) is 7.02. The van der Waals surface area contributed by atoms with Gasteiger partial charge in [0.2, 0.25) is 0 Å². The molecule has 3 nitrogen and oxygen atoms in total. The first kappa shape index (κ1) is 21.9. The fourth-order valence-electron chi connectivity index (χ4n) is 2.40. The Morgan fingerprint density at radius 1 is 0.682 bits per heavy atom. The van der Waals surface area contributed by atoms with E-state index in [1.165, 1.54) is 51.4 Å². The van der Waals surface area contributed by atoms with E-state index >= 15 is 0 Å². The van der Waals surface area contributed by atoms with E-state index < -0.39 is 0 Å². The molecule has 0 aromatic heterocycles. The van der Waals surface area contributed by atoms with Crippen LogP contribution in [-0.4, -0.2) is 37.1 Å². The van der Waals surface area contributed by atoms with Crippen molar-refractivity contribution in [3.8, 4) is 0 Å². The van der Waals surface area contributed by atoms with Gasteiger partial charge < -0.3 is 14.6 Å². The second-order valence-electron chi connectivity index (χ2n) is 7.02. The fourth-order valence-corrected chi connectivity index (χ4v) is 2.40. The van der Waals surface area contributed by atoms with E-state index in [1.807, 2.05) is 13.8 Å². The minimum Gasteiger partial charge on any atom is -0.394 e. The summed E-state index contributed by atoms with van der Waals surface area (Å²) in [5.74, 6) is 0.861. The molecule has 2 atom stereocenters. The van der Waals surface area contributed by atoms with Gasteiger partial charge in [-0.25, -0.2) is 0 Å². The molecule has 2 unspecified atom stereocenters. The summed E-state index contributed by atoms with van der Waals surface area (Å²) in [5, 5.41) is 8.87. The Kier molecular flexibility index (Phi) is 15.7. The standard InChI is InChI=1S/C19H40O3/c1-17(2)13-11-9-7-5-6-8-10-12-14-21-19(4)16-22-18(3)15-20/h17-20H,5-16H2,1-4H3. The zero-order valence-electron chi connectivity index (χ0n) is 15.5. The van der Waals surface area contributed by atoms with E-state index in [9.17, 15) is 0 Å². The summed E-state index contributed by atoms with van der Waals surface area (Å²) in [6.07, 6.45) is 12.1. The smallest absolute Gasteiger partial charge is 0.0780 e. The minimum absolute atomic E-state index is 0.0736. The maximum Gasteiger partial charge on any atom is 0.0780 e.